The zero-order valence-corrected chi connectivity index (χ0v) is 32.8. The number of thiazole rings is 1. The number of hydrogen-bond donors (Lipinski definition) is 2. The third-order valence-corrected chi connectivity index (χ3v) is 11.0. The Morgan fingerprint density at radius 2 is 1.57 bits per heavy atom. The molecule has 0 radical (unpaired) electrons. The molecule has 6 rings (SSSR count). The van der Waals surface area contributed by atoms with Crippen LogP contribution in [0.3, 0.4) is 0 Å². The average Bonchev–Trinajstić information content (AvgIpc) is 3.68. The van der Waals surface area contributed by atoms with Gasteiger partial charge >= 0.3 is 0 Å². The first-order valence-electron chi connectivity index (χ1n) is 18.2. The second-order valence-electron chi connectivity index (χ2n) is 13.6. The highest BCUT2D eigenvalue weighted by atomic mass is 35.5. The van der Waals surface area contributed by atoms with Gasteiger partial charge in [0, 0.05) is 107 Å². The molecule has 1 N–H and O–H groups in total. The van der Waals surface area contributed by atoms with Crippen molar-refractivity contribution in [3.05, 3.63) is 111 Å². The number of carbonyl (C=O) groups excluding carboxylic acids is 4. The van der Waals surface area contributed by atoms with Crippen LogP contribution in [0.4, 0.5) is 11.4 Å². The van der Waals surface area contributed by atoms with Gasteiger partial charge in [0.25, 0.3) is 0 Å². The smallest absolute Gasteiger partial charge is 0.224 e. The summed E-state index contributed by atoms with van der Waals surface area (Å²) in [5.74, 6) is -0.0695. The van der Waals surface area contributed by atoms with Gasteiger partial charge in [-0.3, -0.25) is 24.2 Å². The number of nitrogens with zero attached hydrogens (tertiary/aromatic N) is 3. The van der Waals surface area contributed by atoms with E-state index in [-0.39, 0.29) is 41.8 Å². The number of thiol groups is 1. The van der Waals surface area contributed by atoms with E-state index >= 15 is 0 Å². The number of ketones is 3. The molecule has 54 heavy (non-hydrogen) atoms. The third-order valence-electron chi connectivity index (χ3n) is 9.60. The van der Waals surface area contributed by atoms with Gasteiger partial charge in [-0.25, -0.2) is 4.98 Å². The lowest BCUT2D eigenvalue weighted by Gasteiger charge is -2.39. The van der Waals surface area contributed by atoms with Crippen LogP contribution in [0.2, 0.25) is 5.02 Å². The quantitative estimate of drug-likeness (QED) is 0.0544. The first-order chi connectivity index (χ1) is 26.1. The van der Waals surface area contributed by atoms with Crippen LogP contribution in [0.1, 0.15) is 106 Å². The van der Waals surface area contributed by atoms with Gasteiger partial charge in [-0.15, -0.1) is 24.0 Å². The number of halogens is 1. The number of amides is 1. The molecule has 1 aliphatic rings. The molecule has 0 spiro atoms. The van der Waals surface area contributed by atoms with Crippen molar-refractivity contribution in [2.45, 2.75) is 82.2 Å². The molecule has 0 saturated carbocycles. The number of Topliss-reactive ketones (excluding diaryl/α,β-unsaturated/α-hetero) is 3. The summed E-state index contributed by atoms with van der Waals surface area (Å²) < 4.78 is 5.80. The third kappa shape index (κ3) is 9.81. The number of hydrogen-bond acceptors (Lipinski definition) is 10. The summed E-state index contributed by atoms with van der Waals surface area (Å²) in [5.41, 5.74) is 4.90. The van der Waals surface area contributed by atoms with E-state index in [1.54, 1.807) is 59.8 Å². The Hall–Kier alpha value is -4.42. The summed E-state index contributed by atoms with van der Waals surface area (Å²) in [5, 5.41) is 7.86. The molecular weight excluding hydrogens is 740 g/mol. The predicted molar refractivity (Wildman–Crippen MR) is 218 cm³/mol. The zero-order valence-electron chi connectivity index (χ0n) is 30.3. The minimum Gasteiger partial charge on any atom is -0.381 e. The molecule has 12 heteroatoms. The monoisotopic (exact) mass is 782 g/mol. The fourth-order valence-corrected chi connectivity index (χ4v) is 8.04. The van der Waals surface area contributed by atoms with E-state index in [1.807, 2.05) is 48.7 Å². The van der Waals surface area contributed by atoms with Crippen molar-refractivity contribution in [2.75, 3.05) is 23.4 Å². The summed E-state index contributed by atoms with van der Waals surface area (Å²) in [6.45, 7) is 4.38. The Morgan fingerprint density at radius 3 is 2.28 bits per heavy atom. The highest BCUT2D eigenvalue weighted by molar-refractivity contribution is 7.80. The van der Waals surface area contributed by atoms with Crippen molar-refractivity contribution < 1.29 is 23.9 Å². The summed E-state index contributed by atoms with van der Waals surface area (Å²) in [7, 11) is 0. The number of aryl methyl sites for hydroxylation is 1. The predicted octanol–water partition coefficient (Wildman–Crippen LogP) is 9.78. The lowest BCUT2D eigenvalue weighted by molar-refractivity contribution is -0.117. The number of benzene rings is 3. The lowest BCUT2D eigenvalue weighted by Crippen LogP contribution is -2.43. The van der Waals surface area contributed by atoms with Crippen LogP contribution < -0.4 is 10.2 Å². The summed E-state index contributed by atoms with van der Waals surface area (Å²) in [4.78, 5) is 62.9. The topological polar surface area (TPSA) is 119 Å². The molecule has 2 atom stereocenters. The molecular formula is C42H43ClN4O5S2. The number of aromatic nitrogens is 2. The van der Waals surface area contributed by atoms with E-state index in [9.17, 15) is 19.2 Å². The molecule has 0 unspecified atom stereocenters. The number of carbonyl (C=O) groups is 4. The van der Waals surface area contributed by atoms with Crippen LogP contribution in [0.5, 0.6) is 0 Å². The molecule has 3 heterocycles. The van der Waals surface area contributed by atoms with Crippen molar-refractivity contribution in [1.29, 1.82) is 0 Å². The van der Waals surface area contributed by atoms with Crippen LogP contribution in [-0.2, 0) is 16.0 Å². The molecule has 0 fully saturated rings. The van der Waals surface area contributed by atoms with Crippen molar-refractivity contribution in [1.82, 2.24) is 9.97 Å². The molecule has 3 aromatic carbocycles. The van der Waals surface area contributed by atoms with Gasteiger partial charge in [0.1, 0.15) is 0 Å². The normalized spacial score (nSPS) is 15.2. The van der Waals surface area contributed by atoms with E-state index in [0.717, 1.165) is 28.4 Å². The van der Waals surface area contributed by atoms with Crippen LogP contribution in [0.25, 0.3) is 10.9 Å². The van der Waals surface area contributed by atoms with Gasteiger partial charge in [-0.2, -0.15) is 0 Å². The highest BCUT2D eigenvalue weighted by Gasteiger charge is 2.33. The Kier molecular flexibility index (Phi) is 13.3. The van der Waals surface area contributed by atoms with Crippen LogP contribution in [0, 0.1) is 0 Å². The van der Waals surface area contributed by atoms with E-state index in [1.165, 1.54) is 0 Å². The van der Waals surface area contributed by atoms with Crippen LogP contribution >= 0.6 is 35.6 Å². The van der Waals surface area contributed by atoms with Crippen LogP contribution in [0.15, 0.2) is 83.3 Å². The number of ether oxygens (including phenoxy) is 1. The second kappa shape index (κ2) is 18.3. The summed E-state index contributed by atoms with van der Waals surface area (Å²) in [6, 6.07) is 18.2. The molecule has 280 valence electrons. The van der Waals surface area contributed by atoms with E-state index in [0.29, 0.717) is 89.3 Å². The maximum atomic E-state index is 13.3. The largest absolute Gasteiger partial charge is 0.381 e. The maximum absolute atomic E-state index is 13.3. The first-order valence-corrected chi connectivity index (χ1v) is 19.9. The molecule has 2 aromatic heterocycles. The van der Waals surface area contributed by atoms with E-state index in [4.69, 9.17) is 16.3 Å². The van der Waals surface area contributed by atoms with Gasteiger partial charge < -0.3 is 15.0 Å². The molecule has 1 amide bonds. The van der Waals surface area contributed by atoms with Gasteiger partial charge in [0.05, 0.1) is 16.6 Å². The highest BCUT2D eigenvalue weighted by Crippen LogP contribution is 2.40. The number of pyridine rings is 1. The van der Waals surface area contributed by atoms with Gasteiger partial charge in [0.15, 0.2) is 17.3 Å². The standard InChI is InChI=1S/C42H43ClN4O5S2/c1-26-20-35(46-33-13-11-32(43)12-14-33)34-23-28(10-15-36(34)47(26)27(2)48)37(49)7-4-17-52-18-5-8-38(50)29-21-30-22-31(25-45-42(30)40(53)24-29)39(51)6-3-9-41-44-16-19-54-41/h10-16,19,21-26,35,46,53H,3-9,17-18,20H2,1-2H3/t26-,35+/m0/s1. The number of fused-ring (bicyclic) bond motifs is 2. The van der Waals surface area contributed by atoms with Crippen molar-refractivity contribution >= 4 is 81.1 Å². The van der Waals surface area contributed by atoms with Gasteiger partial charge in [-0.05, 0) is 105 Å². The van der Waals surface area contributed by atoms with Crippen molar-refractivity contribution in [2.24, 2.45) is 0 Å². The Balaban J connectivity index is 0.973. The van der Waals surface area contributed by atoms with E-state index in [2.05, 4.69) is 27.9 Å². The van der Waals surface area contributed by atoms with Crippen molar-refractivity contribution in [3.63, 3.8) is 0 Å². The second-order valence-corrected chi connectivity index (χ2v) is 15.5. The minimum atomic E-state index is -0.0901. The Bertz CT molecular complexity index is 2140. The lowest BCUT2D eigenvalue weighted by atomic mass is 9.89. The molecule has 0 aliphatic carbocycles. The summed E-state index contributed by atoms with van der Waals surface area (Å²) >= 11 is 12.2. The fraction of sp³-hybridized carbons (Fsp3) is 0.333. The maximum Gasteiger partial charge on any atom is 0.224 e. The van der Waals surface area contributed by atoms with Gasteiger partial charge in [-0.1, -0.05) is 11.6 Å². The van der Waals surface area contributed by atoms with E-state index < -0.39 is 0 Å². The first kappa shape index (κ1) is 39.3. The molecule has 9 nitrogen and oxygen atoms in total. The minimum absolute atomic E-state index is 0.00343. The SMILES string of the molecule is CC(=O)N1c2ccc(C(=O)CCCOCCCC(=O)c3cc(S)c4ncc(C(=O)CCCc5nccs5)cc4c3)cc2[C@H](Nc2ccc(Cl)cc2)C[C@@H]1C. The molecule has 0 bridgehead atoms. The number of anilines is 2. The number of rotatable bonds is 17. The molecule has 1 aliphatic heterocycles. The molecule has 5 aromatic rings. The summed E-state index contributed by atoms with van der Waals surface area (Å²) in [6.07, 6.45) is 7.56. The zero-order chi connectivity index (χ0) is 38.2. The Labute approximate surface area is 329 Å². The fourth-order valence-electron chi connectivity index (χ4n) is 6.93. The van der Waals surface area contributed by atoms with Gasteiger partial charge in [0.2, 0.25) is 5.91 Å². The van der Waals surface area contributed by atoms with Crippen LogP contribution in [-0.4, -0.2) is 52.5 Å². The van der Waals surface area contributed by atoms with Crippen molar-refractivity contribution in [3.8, 4) is 0 Å². The Morgan fingerprint density at radius 1 is 0.889 bits per heavy atom. The molecule has 0 saturated heterocycles. The average molecular weight is 783 g/mol. The number of nitrogens with one attached hydrogen (secondary N) is 1.